The van der Waals surface area contributed by atoms with Crippen molar-refractivity contribution in [2.45, 2.75) is 30.9 Å². The van der Waals surface area contributed by atoms with Gasteiger partial charge in [-0.15, -0.1) is 10.2 Å². The summed E-state index contributed by atoms with van der Waals surface area (Å²) in [6.07, 6.45) is 0. The minimum absolute atomic E-state index is 0.843. The molecule has 0 unspecified atom stereocenters. The van der Waals surface area contributed by atoms with E-state index in [1.54, 1.807) is 23.1 Å². The van der Waals surface area contributed by atoms with E-state index in [0.717, 1.165) is 32.1 Å². The molecule has 2 rings (SSSR count). The lowest BCUT2D eigenvalue weighted by molar-refractivity contribution is 0.392. The van der Waals surface area contributed by atoms with Crippen LogP contribution in [-0.2, 0) is 5.75 Å². The highest BCUT2D eigenvalue weighted by Gasteiger charge is 2.10. The first-order valence-corrected chi connectivity index (χ1v) is 6.31. The number of aromatic nitrogens is 3. The van der Waals surface area contributed by atoms with Gasteiger partial charge in [-0.25, -0.2) is 0 Å². The molecule has 0 spiro atoms. The van der Waals surface area contributed by atoms with Gasteiger partial charge in [0.1, 0.15) is 10.8 Å². The summed E-state index contributed by atoms with van der Waals surface area (Å²) in [7, 11) is 0. The van der Waals surface area contributed by atoms with Crippen LogP contribution in [0.15, 0.2) is 8.86 Å². The first kappa shape index (κ1) is 10.6. The summed E-state index contributed by atoms with van der Waals surface area (Å²) in [6, 6.07) is 0. The van der Waals surface area contributed by atoms with Gasteiger partial charge in [0.2, 0.25) is 0 Å². The topological polar surface area (TPSA) is 51.8 Å². The second-order valence-corrected chi connectivity index (χ2v) is 5.58. The average molecular weight is 241 g/mol. The van der Waals surface area contributed by atoms with Crippen molar-refractivity contribution < 1.29 is 4.52 Å². The van der Waals surface area contributed by atoms with Crippen molar-refractivity contribution in [2.24, 2.45) is 0 Å². The Morgan fingerprint density at radius 2 is 2.07 bits per heavy atom. The van der Waals surface area contributed by atoms with Gasteiger partial charge >= 0.3 is 0 Å². The maximum Gasteiger partial charge on any atom is 0.174 e. The first-order valence-electron chi connectivity index (χ1n) is 4.51. The Labute approximate surface area is 96.1 Å². The van der Waals surface area contributed by atoms with Crippen LogP contribution in [0.2, 0.25) is 0 Å². The Morgan fingerprint density at radius 1 is 1.27 bits per heavy atom. The summed E-state index contributed by atoms with van der Waals surface area (Å²) < 4.78 is 6.09. The third-order valence-electron chi connectivity index (χ3n) is 2.03. The highest BCUT2D eigenvalue weighted by molar-refractivity contribution is 8.00. The zero-order chi connectivity index (χ0) is 10.8. The number of nitrogens with zero attached hydrogens (tertiary/aromatic N) is 3. The molecule has 6 heteroatoms. The first-order chi connectivity index (χ1) is 7.16. The van der Waals surface area contributed by atoms with Gasteiger partial charge < -0.3 is 4.52 Å². The van der Waals surface area contributed by atoms with Crippen LogP contribution < -0.4 is 0 Å². The molecule has 0 radical (unpaired) electrons. The van der Waals surface area contributed by atoms with Gasteiger partial charge in [0.25, 0.3) is 0 Å². The van der Waals surface area contributed by atoms with E-state index in [0.29, 0.717) is 0 Å². The van der Waals surface area contributed by atoms with Crippen LogP contribution in [0.5, 0.6) is 0 Å². The van der Waals surface area contributed by atoms with Crippen molar-refractivity contribution in [1.82, 2.24) is 15.4 Å². The fraction of sp³-hybridized carbons (Fsp3) is 0.444. The van der Waals surface area contributed by atoms with Crippen LogP contribution in [0.25, 0.3) is 0 Å². The zero-order valence-corrected chi connectivity index (χ0v) is 10.4. The van der Waals surface area contributed by atoms with E-state index in [4.69, 9.17) is 4.52 Å². The van der Waals surface area contributed by atoms with Gasteiger partial charge in [-0.1, -0.05) is 28.3 Å². The highest BCUT2D eigenvalue weighted by atomic mass is 32.2. The van der Waals surface area contributed by atoms with E-state index in [1.807, 2.05) is 20.8 Å². The molecule has 0 aliphatic carbocycles. The van der Waals surface area contributed by atoms with Gasteiger partial charge in [-0.2, -0.15) is 0 Å². The minimum atomic E-state index is 0.843. The Kier molecular flexibility index (Phi) is 3.06. The molecule has 0 aromatic carbocycles. The molecule has 80 valence electrons. The van der Waals surface area contributed by atoms with Crippen LogP contribution in [-0.4, -0.2) is 15.4 Å². The molecule has 4 nitrogen and oxygen atoms in total. The lowest BCUT2D eigenvalue weighted by atomic mass is 10.2. The number of thioether (sulfide) groups is 1. The fourth-order valence-corrected chi connectivity index (χ4v) is 3.15. The van der Waals surface area contributed by atoms with Crippen molar-refractivity contribution in [3.05, 3.63) is 22.0 Å². The van der Waals surface area contributed by atoms with Crippen LogP contribution >= 0.6 is 23.1 Å². The Bertz CT molecular complexity index is 444. The molecule has 0 bridgehead atoms. The van der Waals surface area contributed by atoms with Gasteiger partial charge in [0.05, 0.1) is 5.69 Å². The molecule has 0 amide bonds. The number of rotatable bonds is 3. The lowest BCUT2D eigenvalue weighted by Gasteiger charge is -1.95. The highest BCUT2D eigenvalue weighted by Crippen LogP contribution is 2.27. The summed E-state index contributed by atoms with van der Waals surface area (Å²) in [4.78, 5) is 0. The molecule has 0 saturated heterocycles. The summed E-state index contributed by atoms with van der Waals surface area (Å²) in [6.45, 7) is 5.84. The molecule has 0 aliphatic rings. The van der Waals surface area contributed by atoms with Crippen molar-refractivity contribution in [3.8, 4) is 0 Å². The molecular formula is C9H11N3OS2. The average Bonchev–Trinajstić information content (AvgIpc) is 2.73. The number of aryl methyl sites for hydroxylation is 3. The molecule has 0 fully saturated rings. The Balaban J connectivity index is 2.05. The van der Waals surface area contributed by atoms with Crippen molar-refractivity contribution in [2.75, 3.05) is 0 Å². The molecular weight excluding hydrogens is 230 g/mol. The Hall–Kier alpha value is -0.880. The smallest absolute Gasteiger partial charge is 0.174 e. The van der Waals surface area contributed by atoms with Crippen molar-refractivity contribution >= 4 is 23.1 Å². The van der Waals surface area contributed by atoms with Gasteiger partial charge in [0.15, 0.2) is 4.34 Å². The standard InChI is InChI=1S/C9H11N3OS2/c1-5-8(6(2)13-12-5)4-14-9-11-10-7(3)15-9/h4H2,1-3H3. The number of hydrogen-bond donors (Lipinski definition) is 0. The molecule has 2 aromatic heterocycles. The zero-order valence-electron chi connectivity index (χ0n) is 8.77. The molecule has 0 saturated carbocycles. The predicted octanol–water partition coefficient (Wildman–Crippen LogP) is 2.74. The van der Waals surface area contributed by atoms with Crippen molar-refractivity contribution in [3.63, 3.8) is 0 Å². The molecule has 2 aromatic rings. The van der Waals surface area contributed by atoms with Crippen LogP contribution in [0, 0.1) is 20.8 Å². The number of hydrogen-bond acceptors (Lipinski definition) is 6. The van der Waals surface area contributed by atoms with Crippen LogP contribution in [0.1, 0.15) is 22.0 Å². The summed E-state index contributed by atoms with van der Waals surface area (Å²) in [5.41, 5.74) is 2.12. The van der Waals surface area contributed by atoms with Crippen molar-refractivity contribution in [1.29, 1.82) is 0 Å². The molecule has 0 atom stereocenters. The van der Waals surface area contributed by atoms with E-state index < -0.39 is 0 Å². The summed E-state index contributed by atoms with van der Waals surface area (Å²) >= 11 is 3.28. The van der Waals surface area contributed by atoms with Gasteiger partial charge in [-0.05, 0) is 20.8 Å². The second-order valence-electron chi connectivity index (χ2n) is 3.18. The predicted molar refractivity (Wildman–Crippen MR) is 60.2 cm³/mol. The largest absolute Gasteiger partial charge is 0.361 e. The monoisotopic (exact) mass is 241 g/mol. The van der Waals surface area contributed by atoms with Gasteiger partial charge in [-0.3, -0.25) is 0 Å². The molecule has 15 heavy (non-hydrogen) atoms. The molecule has 0 aliphatic heterocycles. The lowest BCUT2D eigenvalue weighted by Crippen LogP contribution is -1.84. The maximum absolute atomic E-state index is 5.09. The van der Waals surface area contributed by atoms with Crippen LogP contribution in [0.3, 0.4) is 0 Å². The third-order valence-corrected chi connectivity index (χ3v) is 4.03. The van der Waals surface area contributed by atoms with E-state index in [-0.39, 0.29) is 0 Å². The van der Waals surface area contributed by atoms with E-state index in [1.165, 1.54) is 0 Å². The third kappa shape index (κ3) is 2.38. The SMILES string of the molecule is Cc1nnc(SCc2c(C)noc2C)s1. The van der Waals surface area contributed by atoms with E-state index in [2.05, 4.69) is 15.4 Å². The maximum atomic E-state index is 5.09. The second kappa shape index (κ2) is 4.32. The normalized spacial score (nSPS) is 10.9. The quantitative estimate of drug-likeness (QED) is 0.773. The fourth-order valence-electron chi connectivity index (χ4n) is 1.18. The van der Waals surface area contributed by atoms with Crippen LogP contribution in [0.4, 0.5) is 0 Å². The van der Waals surface area contributed by atoms with E-state index in [9.17, 15) is 0 Å². The summed E-state index contributed by atoms with van der Waals surface area (Å²) in [5.74, 6) is 1.73. The molecule has 2 heterocycles. The minimum Gasteiger partial charge on any atom is -0.361 e. The van der Waals surface area contributed by atoms with Gasteiger partial charge in [0, 0.05) is 11.3 Å². The molecule has 0 N–H and O–H groups in total. The van der Waals surface area contributed by atoms with E-state index >= 15 is 0 Å². The Morgan fingerprint density at radius 3 is 2.60 bits per heavy atom. The summed E-state index contributed by atoms with van der Waals surface area (Å²) in [5, 5.41) is 12.9.